The quantitative estimate of drug-likeness (QED) is 0.196. The Morgan fingerprint density at radius 2 is 1.72 bits per heavy atom. The van der Waals surface area contributed by atoms with Crippen LogP contribution in [0, 0.1) is 17.0 Å². The van der Waals surface area contributed by atoms with Crippen LogP contribution in [0.3, 0.4) is 0 Å². The van der Waals surface area contributed by atoms with Gasteiger partial charge in [0, 0.05) is 56.4 Å². The number of fused-ring (bicyclic) bond motifs is 1. The first kappa shape index (κ1) is 21.9. The molecule has 0 saturated heterocycles. The minimum absolute atomic E-state index is 0.0837. The van der Waals surface area contributed by atoms with Gasteiger partial charge in [-0.3, -0.25) is 10.1 Å². The second-order valence-electron chi connectivity index (χ2n) is 7.32. The molecule has 32 heavy (non-hydrogen) atoms. The summed E-state index contributed by atoms with van der Waals surface area (Å²) < 4.78 is 2.18. The summed E-state index contributed by atoms with van der Waals surface area (Å²) in [6, 6.07) is 20.1. The lowest BCUT2D eigenvalue weighted by Crippen LogP contribution is -2.07. The standard InChI is InChI=1S/C24H20Cl2N4O2/c1-16-20(13-27-28-14-21-22(25)6-4-7-23(21)26)19-5-2-3-8-24(19)29(16)15-17-9-11-18(12-10-17)30(31)32/h2-13,28H,14-15H2,1H3/b27-13-. The Hall–Kier alpha value is -3.35. The predicted octanol–water partition coefficient (Wildman–Crippen LogP) is 6.34. The topological polar surface area (TPSA) is 72.5 Å². The monoisotopic (exact) mass is 466 g/mol. The second kappa shape index (κ2) is 9.42. The fraction of sp³-hybridized carbons (Fsp3) is 0.125. The molecule has 0 radical (unpaired) electrons. The van der Waals surface area contributed by atoms with Gasteiger partial charge in [-0.2, -0.15) is 5.10 Å². The summed E-state index contributed by atoms with van der Waals surface area (Å²) in [7, 11) is 0. The summed E-state index contributed by atoms with van der Waals surface area (Å²) in [4.78, 5) is 10.5. The molecular weight excluding hydrogens is 447 g/mol. The second-order valence-corrected chi connectivity index (χ2v) is 8.13. The third-order valence-electron chi connectivity index (χ3n) is 5.37. The third kappa shape index (κ3) is 4.47. The first-order valence-electron chi connectivity index (χ1n) is 9.95. The fourth-order valence-corrected chi connectivity index (χ4v) is 4.20. The summed E-state index contributed by atoms with van der Waals surface area (Å²) in [5, 5.41) is 17.6. The van der Waals surface area contributed by atoms with E-state index in [4.69, 9.17) is 23.2 Å². The average molecular weight is 467 g/mol. The first-order valence-corrected chi connectivity index (χ1v) is 10.7. The van der Waals surface area contributed by atoms with Gasteiger partial charge < -0.3 is 9.99 Å². The Labute approximate surface area is 195 Å². The Bertz CT molecular complexity index is 1290. The minimum atomic E-state index is -0.391. The van der Waals surface area contributed by atoms with Gasteiger partial charge in [-0.05, 0) is 30.7 Å². The van der Waals surface area contributed by atoms with Gasteiger partial charge in [0.15, 0.2) is 0 Å². The molecule has 6 nitrogen and oxygen atoms in total. The molecule has 3 aromatic carbocycles. The summed E-state index contributed by atoms with van der Waals surface area (Å²) in [5.74, 6) is 0. The van der Waals surface area contributed by atoms with E-state index in [2.05, 4.69) is 27.2 Å². The van der Waals surface area contributed by atoms with E-state index in [1.807, 2.05) is 19.1 Å². The highest BCUT2D eigenvalue weighted by atomic mass is 35.5. The zero-order chi connectivity index (χ0) is 22.7. The van der Waals surface area contributed by atoms with E-state index in [9.17, 15) is 10.1 Å². The molecule has 0 unspecified atom stereocenters. The molecule has 0 fully saturated rings. The maximum absolute atomic E-state index is 10.9. The van der Waals surface area contributed by atoms with Gasteiger partial charge >= 0.3 is 0 Å². The smallest absolute Gasteiger partial charge is 0.269 e. The van der Waals surface area contributed by atoms with Gasteiger partial charge in [-0.25, -0.2) is 0 Å². The number of rotatable bonds is 7. The minimum Gasteiger partial charge on any atom is -0.340 e. The van der Waals surface area contributed by atoms with Crippen molar-refractivity contribution in [2.75, 3.05) is 0 Å². The normalized spacial score (nSPS) is 11.3. The fourth-order valence-electron chi connectivity index (χ4n) is 3.67. The molecule has 1 N–H and O–H groups in total. The van der Waals surface area contributed by atoms with Crippen molar-refractivity contribution in [3.05, 3.63) is 109 Å². The zero-order valence-electron chi connectivity index (χ0n) is 17.3. The van der Waals surface area contributed by atoms with Crippen LogP contribution in [0.15, 0.2) is 71.8 Å². The van der Waals surface area contributed by atoms with E-state index in [0.717, 1.165) is 33.3 Å². The van der Waals surface area contributed by atoms with Crippen molar-refractivity contribution >= 4 is 46.0 Å². The maximum atomic E-state index is 10.9. The van der Waals surface area contributed by atoms with E-state index < -0.39 is 4.92 Å². The molecule has 4 rings (SSSR count). The van der Waals surface area contributed by atoms with Crippen LogP contribution in [-0.2, 0) is 13.1 Å². The maximum Gasteiger partial charge on any atom is 0.269 e. The Balaban J connectivity index is 1.59. The van der Waals surface area contributed by atoms with Crippen LogP contribution < -0.4 is 5.43 Å². The highest BCUT2D eigenvalue weighted by molar-refractivity contribution is 6.35. The van der Waals surface area contributed by atoms with E-state index in [1.54, 1.807) is 36.5 Å². The molecule has 0 amide bonds. The number of nitro groups is 1. The van der Waals surface area contributed by atoms with Crippen LogP contribution >= 0.6 is 23.2 Å². The van der Waals surface area contributed by atoms with Gasteiger partial charge in [-0.15, -0.1) is 0 Å². The SMILES string of the molecule is Cc1c(/C=N\NCc2c(Cl)cccc2Cl)c2ccccc2n1Cc1ccc([N+](=O)[O-])cc1. The number of hydrogen-bond donors (Lipinski definition) is 1. The molecule has 0 aliphatic heterocycles. The van der Waals surface area contributed by atoms with Crippen LogP contribution in [0.4, 0.5) is 5.69 Å². The van der Waals surface area contributed by atoms with E-state index in [-0.39, 0.29) is 5.69 Å². The number of halogens is 2. The van der Waals surface area contributed by atoms with Crippen LogP contribution in [0.1, 0.15) is 22.4 Å². The number of nitrogens with one attached hydrogen (secondary N) is 1. The summed E-state index contributed by atoms with van der Waals surface area (Å²) in [6.07, 6.45) is 1.80. The molecule has 0 bridgehead atoms. The Morgan fingerprint density at radius 1 is 1.03 bits per heavy atom. The van der Waals surface area contributed by atoms with Gasteiger partial charge in [0.1, 0.15) is 0 Å². The molecule has 0 atom stereocenters. The van der Waals surface area contributed by atoms with Gasteiger partial charge in [0.05, 0.1) is 17.7 Å². The van der Waals surface area contributed by atoms with E-state index in [0.29, 0.717) is 23.1 Å². The van der Waals surface area contributed by atoms with Gasteiger partial charge in [0.25, 0.3) is 5.69 Å². The van der Waals surface area contributed by atoms with Crippen LogP contribution in [0.5, 0.6) is 0 Å². The molecule has 4 aromatic rings. The molecular formula is C24H20Cl2N4O2. The summed E-state index contributed by atoms with van der Waals surface area (Å²) >= 11 is 12.4. The number of non-ortho nitro benzene ring substituents is 1. The Morgan fingerprint density at radius 3 is 2.41 bits per heavy atom. The summed E-state index contributed by atoms with van der Waals surface area (Å²) in [5.41, 5.74) is 8.00. The number of hydrazone groups is 1. The number of nitro benzene ring substituents is 1. The molecule has 0 spiro atoms. The van der Waals surface area contributed by atoms with E-state index >= 15 is 0 Å². The molecule has 162 valence electrons. The van der Waals surface area contributed by atoms with Crippen molar-refractivity contribution in [3.63, 3.8) is 0 Å². The summed E-state index contributed by atoms with van der Waals surface area (Å²) in [6.45, 7) is 3.05. The lowest BCUT2D eigenvalue weighted by molar-refractivity contribution is -0.384. The zero-order valence-corrected chi connectivity index (χ0v) is 18.8. The van der Waals surface area contributed by atoms with E-state index in [1.165, 1.54) is 12.1 Å². The highest BCUT2D eigenvalue weighted by Gasteiger charge is 2.13. The number of para-hydroxylation sites is 1. The largest absolute Gasteiger partial charge is 0.340 e. The number of nitrogens with zero attached hydrogens (tertiary/aromatic N) is 3. The third-order valence-corrected chi connectivity index (χ3v) is 6.08. The first-order chi connectivity index (χ1) is 15.5. The van der Waals surface area contributed by atoms with Crippen molar-refractivity contribution in [1.29, 1.82) is 0 Å². The Kier molecular flexibility index (Phi) is 6.44. The molecule has 0 aliphatic rings. The van der Waals surface area contributed by atoms with Gasteiger partial charge in [0.2, 0.25) is 0 Å². The lowest BCUT2D eigenvalue weighted by atomic mass is 10.1. The number of aromatic nitrogens is 1. The van der Waals surface area contributed by atoms with Crippen molar-refractivity contribution in [2.45, 2.75) is 20.0 Å². The highest BCUT2D eigenvalue weighted by Crippen LogP contribution is 2.26. The van der Waals surface area contributed by atoms with Crippen LogP contribution in [0.25, 0.3) is 10.9 Å². The van der Waals surface area contributed by atoms with Crippen molar-refractivity contribution in [2.24, 2.45) is 5.10 Å². The van der Waals surface area contributed by atoms with Crippen molar-refractivity contribution in [1.82, 2.24) is 9.99 Å². The molecule has 0 saturated carbocycles. The van der Waals surface area contributed by atoms with Gasteiger partial charge in [-0.1, -0.05) is 59.6 Å². The van der Waals surface area contributed by atoms with Crippen LogP contribution in [-0.4, -0.2) is 15.7 Å². The predicted molar refractivity (Wildman–Crippen MR) is 130 cm³/mol. The van der Waals surface area contributed by atoms with Crippen molar-refractivity contribution in [3.8, 4) is 0 Å². The van der Waals surface area contributed by atoms with Crippen molar-refractivity contribution < 1.29 is 4.92 Å². The molecule has 1 heterocycles. The molecule has 8 heteroatoms. The molecule has 1 aromatic heterocycles. The van der Waals surface area contributed by atoms with Crippen LogP contribution in [0.2, 0.25) is 10.0 Å². The molecule has 0 aliphatic carbocycles. The average Bonchev–Trinajstić information content (AvgIpc) is 3.04. The number of benzene rings is 3. The lowest BCUT2D eigenvalue weighted by Gasteiger charge is -2.09. The number of hydrogen-bond acceptors (Lipinski definition) is 4.